The van der Waals surface area contributed by atoms with Crippen LogP contribution in [0, 0.1) is 23.1 Å². The van der Waals surface area contributed by atoms with Gasteiger partial charge in [-0.1, -0.05) is 25.1 Å². The molecule has 19 heavy (non-hydrogen) atoms. The number of carbonyl (C=O) groups is 1. The SMILES string of the molecule is CCC1OCCC1C(=O)C(C#N)c1ccccc1F. The van der Waals surface area contributed by atoms with Gasteiger partial charge in [0.05, 0.1) is 12.2 Å². The van der Waals surface area contributed by atoms with E-state index in [0.717, 1.165) is 6.42 Å². The first kappa shape index (κ1) is 13.7. The van der Waals surface area contributed by atoms with Gasteiger partial charge in [0, 0.05) is 18.1 Å². The lowest BCUT2D eigenvalue weighted by Crippen LogP contribution is -2.28. The third-order valence-electron chi connectivity index (χ3n) is 3.61. The Kier molecular flexibility index (Phi) is 4.28. The molecule has 3 atom stereocenters. The van der Waals surface area contributed by atoms with Gasteiger partial charge in [-0.25, -0.2) is 4.39 Å². The van der Waals surface area contributed by atoms with E-state index in [1.807, 2.05) is 13.0 Å². The number of rotatable bonds is 4. The fraction of sp³-hybridized carbons (Fsp3) is 0.467. The molecular weight excluding hydrogens is 245 g/mol. The molecular formula is C15H16FNO2. The van der Waals surface area contributed by atoms with E-state index in [9.17, 15) is 14.4 Å². The first-order valence-corrected chi connectivity index (χ1v) is 6.48. The van der Waals surface area contributed by atoms with Crippen molar-refractivity contribution >= 4 is 5.78 Å². The molecule has 3 nitrogen and oxygen atoms in total. The quantitative estimate of drug-likeness (QED) is 0.837. The fourth-order valence-electron chi connectivity index (χ4n) is 2.59. The Morgan fingerprint density at radius 2 is 2.32 bits per heavy atom. The molecule has 4 heteroatoms. The van der Waals surface area contributed by atoms with Gasteiger partial charge in [-0.05, 0) is 18.9 Å². The van der Waals surface area contributed by atoms with Crippen LogP contribution in [-0.2, 0) is 9.53 Å². The molecule has 1 aromatic carbocycles. The number of carbonyl (C=O) groups excluding carboxylic acids is 1. The van der Waals surface area contributed by atoms with Gasteiger partial charge in [-0.3, -0.25) is 4.79 Å². The summed E-state index contributed by atoms with van der Waals surface area (Å²) in [6.45, 7) is 2.48. The summed E-state index contributed by atoms with van der Waals surface area (Å²) in [5, 5.41) is 9.22. The molecule has 1 aliphatic rings. The standard InChI is InChI=1S/C15H16FNO2/c1-2-14-11(7-8-19-14)15(18)12(9-17)10-5-3-4-6-13(10)16/h3-6,11-12,14H,2,7-8H2,1H3. The van der Waals surface area contributed by atoms with Crippen molar-refractivity contribution in [3.8, 4) is 6.07 Å². The maximum absolute atomic E-state index is 13.7. The van der Waals surface area contributed by atoms with Crippen LogP contribution in [0.2, 0.25) is 0 Å². The van der Waals surface area contributed by atoms with E-state index in [4.69, 9.17) is 4.74 Å². The van der Waals surface area contributed by atoms with E-state index in [0.29, 0.717) is 13.0 Å². The van der Waals surface area contributed by atoms with Crippen molar-refractivity contribution in [1.82, 2.24) is 0 Å². The zero-order valence-electron chi connectivity index (χ0n) is 10.8. The van der Waals surface area contributed by atoms with Gasteiger partial charge in [-0.2, -0.15) is 5.26 Å². The summed E-state index contributed by atoms with van der Waals surface area (Å²) in [5.74, 6) is -2.07. The Morgan fingerprint density at radius 1 is 1.58 bits per heavy atom. The second kappa shape index (κ2) is 5.94. The molecule has 1 saturated heterocycles. The zero-order valence-corrected chi connectivity index (χ0v) is 10.8. The van der Waals surface area contributed by atoms with Crippen LogP contribution in [0.15, 0.2) is 24.3 Å². The molecule has 1 heterocycles. The lowest BCUT2D eigenvalue weighted by Gasteiger charge is -2.18. The molecule has 0 aliphatic carbocycles. The van der Waals surface area contributed by atoms with Crippen LogP contribution in [0.25, 0.3) is 0 Å². The number of halogens is 1. The average Bonchev–Trinajstić information content (AvgIpc) is 2.89. The minimum Gasteiger partial charge on any atom is -0.377 e. The summed E-state index contributed by atoms with van der Waals surface area (Å²) >= 11 is 0. The van der Waals surface area contributed by atoms with Gasteiger partial charge in [0.1, 0.15) is 11.7 Å². The van der Waals surface area contributed by atoms with Crippen molar-refractivity contribution < 1.29 is 13.9 Å². The molecule has 0 saturated carbocycles. The summed E-state index contributed by atoms with van der Waals surface area (Å²) < 4.78 is 19.2. The van der Waals surface area contributed by atoms with Crippen LogP contribution < -0.4 is 0 Å². The third-order valence-corrected chi connectivity index (χ3v) is 3.61. The van der Waals surface area contributed by atoms with Crippen LogP contribution in [0.4, 0.5) is 4.39 Å². The van der Waals surface area contributed by atoms with E-state index >= 15 is 0 Å². The van der Waals surface area contributed by atoms with Crippen LogP contribution in [0.1, 0.15) is 31.2 Å². The molecule has 0 aromatic heterocycles. The summed E-state index contributed by atoms with van der Waals surface area (Å²) in [6, 6.07) is 7.89. The van der Waals surface area contributed by atoms with Crippen LogP contribution in [0.3, 0.4) is 0 Å². The van der Waals surface area contributed by atoms with Crippen molar-refractivity contribution in [1.29, 1.82) is 5.26 Å². The topological polar surface area (TPSA) is 50.1 Å². The predicted octanol–water partition coefficient (Wildman–Crippen LogP) is 2.82. The van der Waals surface area contributed by atoms with Crippen LogP contribution in [-0.4, -0.2) is 18.5 Å². The number of ketones is 1. The average molecular weight is 261 g/mol. The number of hydrogen-bond acceptors (Lipinski definition) is 3. The number of Topliss-reactive ketones (excluding diaryl/α,β-unsaturated/α-hetero) is 1. The van der Waals surface area contributed by atoms with Crippen LogP contribution in [0.5, 0.6) is 0 Å². The normalized spacial score (nSPS) is 23.8. The number of hydrogen-bond donors (Lipinski definition) is 0. The van der Waals surface area contributed by atoms with Crippen molar-refractivity contribution in [3.63, 3.8) is 0 Å². The molecule has 0 amide bonds. The molecule has 100 valence electrons. The molecule has 1 aliphatic heterocycles. The smallest absolute Gasteiger partial charge is 0.160 e. The van der Waals surface area contributed by atoms with E-state index in [-0.39, 0.29) is 23.4 Å². The molecule has 0 radical (unpaired) electrons. The zero-order chi connectivity index (χ0) is 13.8. The highest BCUT2D eigenvalue weighted by molar-refractivity contribution is 5.91. The van der Waals surface area contributed by atoms with E-state index in [2.05, 4.69) is 0 Å². The molecule has 1 aromatic rings. The van der Waals surface area contributed by atoms with Gasteiger partial charge in [-0.15, -0.1) is 0 Å². The van der Waals surface area contributed by atoms with Gasteiger partial charge in [0.25, 0.3) is 0 Å². The summed E-state index contributed by atoms with van der Waals surface area (Å²) in [7, 11) is 0. The van der Waals surface area contributed by atoms with Gasteiger partial charge >= 0.3 is 0 Å². The largest absolute Gasteiger partial charge is 0.377 e. The minimum atomic E-state index is -1.04. The maximum Gasteiger partial charge on any atom is 0.160 e. The number of benzene rings is 1. The number of nitriles is 1. The first-order chi connectivity index (χ1) is 9.19. The Morgan fingerprint density at radius 3 is 2.95 bits per heavy atom. The second-order valence-corrected chi connectivity index (χ2v) is 4.70. The number of nitrogens with zero attached hydrogens (tertiary/aromatic N) is 1. The first-order valence-electron chi connectivity index (χ1n) is 6.48. The maximum atomic E-state index is 13.7. The van der Waals surface area contributed by atoms with E-state index in [1.54, 1.807) is 12.1 Å². The van der Waals surface area contributed by atoms with Gasteiger partial charge in [0.2, 0.25) is 0 Å². The minimum absolute atomic E-state index is 0.143. The van der Waals surface area contributed by atoms with E-state index < -0.39 is 11.7 Å². The summed E-state index contributed by atoms with van der Waals surface area (Å²) in [6.07, 6.45) is 1.20. The molecule has 2 rings (SSSR count). The highest BCUT2D eigenvalue weighted by Gasteiger charge is 2.37. The fourth-order valence-corrected chi connectivity index (χ4v) is 2.59. The highest BCUT2D eigenvalue weighted by Crippen LogP contribution is 2.31. The number of ether oxygens (including phenoxy) is 1. The Balaban J connectivity index is 2.26. The third kappa shape index (κ3) is 2.66. The lowest BCUT2D eigenvalue weighted by molar-refractivity contribution is -0.124. The van der Waals surface area contributed by atoms with Crippen molar-refractivity contribution in [3.05, 3.63) is 35.6 Å². The summed E-state index contributed by atoms with van der Waals surface area (Å²) in [5.41, 5.74) is 0.164. The molecule has 0 bridgehead atoms. The lowest BCUT2D eigenvalue weighted by atomic mass is 9.84. The highest BCUT2D eigenvalue weighted by atomic mass is 19.1. The molecule has 0 spiro atoms. The van der Waals surface area contributed by atoms with Gasteiger partial charge in [0.15, 0.2) is 5.78 Å². The molecule has 3 unspecified atom stereocenters. The van der Waals surface area contributed by atoms with Gasteiger partial charge < -0.3 is 4.74 Å². The predicted molar refractivity (Wildman–Crippen MR) is 67.9 cm³/mol. The van der Waals surface area contributed by atoms with Crippen molar-refractivity contribution in [2.75, 3.05) is 6.61 Å². The second-order valence-electron chi connectivity index (χ2n) is 4.70. The summed E-state index contributed by atoms with van der Waals surface area (Å²) in [4.78, 5) is 12.4. The monoisotopic (exact) mass is 261 g/mol. The molecule has 1 fully saturated rings. The van der Waals surface area contributed by atoms with Crippen LogP contribution >= 0.6 is 0 Å². The Hall–Kier alpha value is -1.73. The van der Waals surface area contributed by atoms with Crippen molar-refractivity contribution in [2.24, 2.45) is 5.92 Å². The van der Waals surface area contributed by atoms with E-state index in [1.165, 1.54) is 12.1 Å². The Bertz CT molecular complexity index is 509. The molecule has 0 N–H and O–H groups in total. The Labute approximate surface area is 112 Å². The van der Waals surface area contributed by atoms with Crippen molar-refractivity contribution in [2.45, 2.75) is 31.8 Å².